The molecule has 2 aromatic rings. The Morgan fingerprint density at radius 2 is 2.30 bits per heavy atom. The maximum atomic E-state index is 12.7. The van der Waals surface area contributed by atoms with Gasteiger partial charge in [-0.2, -0.15) is 0 Å². The summed E-state index contributed by atoms with van der Waals surface area (Å²) in [6.45, 7) is 4.35. The maximum absolute atomic E-state index is 12.7. The van der Waals surface area contributed by atoms with Crippen LogP contribution in [0.2, 0.25) is 5.02 Å². The first-order valence-electron chi connectivity index (χ1n) is 6.72. The maximum Gasteiger partial charge on any atom is 0.256 e. The van der Waals surface area contributed by atoms with Gasteiger partial charge in [0.25, 0.3) is 5.91 Å². The van der Waals surface area contributed by atoms with Crippen LogP contribution in [0.3, 0.4) is 0 Å². The van der Waals surface area contributed by atoms with Crippen LogP contribution < -0.4 is 5.32 Å². The monoisotopic (exact) mass is 289 g/mol. The number of rotatable bonds is 1. The highest BCUT2D eigenvalue weighted by molar-refractivity contribution is 6.36. The van der Waals surface area contributed by atoms with Gasteiger partial charge in [0.05, 0.1) is 16.1 Å². The van der Waals surface area contributed by atoms with Crippen LogP contribution in [0.1, 0.15) is 17.3 Å². The van der Waals surface area contributed by atoms with Crippen LogP contribution in [-0.2, 0) is 0 Å². The first-order valence-corrected chi connectivity index (χ1v) is 7.10. The van der Waals surface area contributed by atoms with E-state index in [2.05, 4.69) is 17.2 Å². The highest BCUT2D eigenvalue weighted by atomic mass is 35.5. The fourth-order valence-corrected chi connectivity index (χ4v) is 2.81. The molecule has 1 N–H and O–H groups in total. The van der Waals surface area contributed by atoms with Crippen molar-refractivity contribution in [1.29, 1.82) is 0 Å². The Bertz CT molecular complexity index is 659. The molecule has 1 aliphatic rings. The van der Waals surface area contributed by atoms with Crippen molar-refractivity contribution in [3.05, 3.63) is 41.0 Å². The summed E-state index contributed by atoms with van der Waals surface area (Å²) in [6.07, 6.45) is 1.69. The molecule has 3 rings (SSSR count). The fraction of sp³-hybridized carbons (Fsp3) is 0.333. The molecular weight excluding hydrogens is 274 g/mol. The van der Waals surface area contributed by atoms with Crippen LogP contribution >= 0.6 is 11.6 Å². The van der Waals surface area contributed by atoms with E-state index in [4.69, 9.17) is 11.6 Å². The van der Waals surface area contributed by atoms with Crippen LogP contribution in [0.4, 0.5) is 0 Å². The Hall–Kier alpha value is -1.65. The van der Waals surface area contributed by atoms with Crippen molar-refractivity contribution in [2.75, 3.05) is 19.6 Å². The Morgan fingerprint density at radius 3 is 3.10 bits per heavy atom. The summed E-state index contributed by atoms with van der Waals surface area (Å²) in [5.41, 5.74) is 1.30. The molecule has 2 heterocycles. The van der Waals surface area contributed by atoms with E-state index >= 15 is 0 Å². The number of nitrogens with one attached hydrogen (secondary N) is 1. The third kappa shape index (κ3) is 2.37. The fourth-order valence-electron chi connectivity index (χ4n) is 2.60. The molecule has 0 unspecified atom stereocenters. The van der Waals surface area contributed by atoms with E-state index in [1.54, 1.807) is 18.3 Å². The number of pyridine rings is 1. The molecule has 0 spiro atoms. The van der Waals surface area contributed by atoms with Crippen molar-refractivity contribution in [3.63, 3.8) is 0 Å². The zero-order valence-corrected chi connectivity index (χ0v) is 12.0. The second-order valence-corrected chi connectivity index (χ2v) is 5.51. The molecule has 1 fully saturated rings. The van der Waals surface area contributed by atoms with Gasteiger partial charge in [-0.05, 0) is 31.2 Å². The lowest BCUT2D eigenvalue weighted by Gasteiger charge is -2.32. The number of fused-ring (bicyclic) bond motifs is 1. The van der Waals surface area contributed by atoms with Crippen LogP contribution in [0, 0.1) is 0 Å². The lowest BCUT2D eigenvalue weighted by Crippen LogP contribution is -2.51. The molecule has 0 aliphatic carbocycles. The minimum atomic E-state index is 0.0266. The Balaban J connectivity index is 2.01. The standard InChI is InChI=1S/C15H16ClN3O/c1-10-9-19(8-7-17-10)15(20)12-4-5-13(16)11-3-2-6-18-14(11)12/h2-6,10,17H,7-9H2,1H3/t10-/m0/s1. The number of carbonyl (C=O) groups is 1. The summed E-state index contributed by atoms with van der Waals surface area (Å²) in [7, 11) is 0. The lowest BCUT2D eigenvalue weighted by molar-refractivity contribution is 0.0711. The number of carbonyl (C=O) groups excluding carboxylic acids is 1. The first-order chi connectivity index (χ1) is 9.66. The Labute approximate surface area is 122 Å². The number of hydrogen-bond donors (Lipinski definition) is 1. The summed E-state index contributed by atoms with van der Waals surface area (Å²) < 4.78 is 0. The van der Waals surface area contributed by atoms with E-state index in [0.29, 0.717) is 22.1 Å². The molecule has 0 saturated carbocycles. The van der Waals surface area contributed by atoms with Crippen molar-refractivity contribution < 1.29 is 4.79 Å². The number of hydrogen-bond acceptors (Lipinski definition) is 3. The van der Waals surface area contributed by atoms with Gasteiger partial charge in [0.1, 0.15) is 0 Å². The molecule has 1 saturated heterocycles. The molecule has 1 aliphatic heterocycles. The average molecular weight is 290 g/mol. The van der Waals surface area contributed by atoms with Crippen molar-refractivity contribution in [1.82, 2.24) is 15.2 Å². The quantitative estimate of drug-likeness (QED) is 0.876. The lowest BCUT2D eigenvalue weighted by atomic mass is 10.1. The van der Waals surface area contributed by atoms with Gasteiger partial charge in [-0.25, -0.2) is 0 Å². The summed E-state index contributed by atoms with van der Waals surface area (Å²) in [4.78, 5) is 18.9. The zero-order valence-electron chi connectivity index (χ0n) is 11.3. The second kappa shape index (κ2) is 5.38. The summed E-state index contributed by atoms with van der Waals surface area (Å²) in [6, 6.07) is 7.58. The number of halogens is 1. The van der Waals surface area contributed by atoms with Gasteiger partial charge in [0.2, 0.25) is 0 Å². The normalized spacial score (nSPS) is 19.3. The van der Waals surface area contributed by atoms with Gasteiger partial charge in [0, 0.05) is 37.3 Å². The van der Waals surface area contributed by atoms with Gasteiger partial charge in [-0.15, -0.1) is 0 Å². The summed E-state index contributed by atoms with van der Waals surface area (Å²) >= 11 is 6.17. The van der Waals surface area contributed by atoms with E-state index in [-0.39, 0.29) is 5.91 Å². The molecule has 1 atom stereocenters. The molecule has 5 heteroatoms. The van der Waals surface area contributed by atoms with Crippen molar-refractivity contribution in [3.8, 4) is 0 Å². The number of nitrogens with zero attached hydrogens (tertiary/aromatic N) is 2. The number of amides is 1. The third-order valence-electron chi connectivity index (χ3n) is 3.60. The highest BCUT2D eigenvalue weighted by Gasteiger charge is 2.23. The summed E-state index contributed by atoms with van der Waals surface area (Å²) in [5.74, 6) is 0.0266. The van der Waals surface area contributed by atoms with E-state index in [0.717, 1.165) is 25.0 Å². The molecule has 1 aromatic carbocycles. The highest BCUT2D eigenvalue weighted by Crippen LogP contribution is 2.25. The van der Waals surface area contributed by atoms with E-state index < -0.39 is 0 Å². The molecule has 4 nitrogen and oxygen atoms in total. The number of benzene rings is 1. The Kier molecular flexibility index (Phi) is 3.59. The van der Waals surface area contributed by atoms with Crippen LogP contribution in [-0.4, -0.2) is 41.5 Å². The number of aromatic nitrogens is 1. The van der Waals surface area contributed by atoms with E-state index in [1.165, 1.54) is 0 Å². The molecular formula is C15H16ClN3O. The average Bonchev–Trinajstić information content (AvgIpc) is 2.47. The van der Waals surface area contributed by atoms with Gasteiger partial charge >= 0.3 is 0 Å². The molecule has 1 amide bonds. The molecule has 0 bridgehead atoms. The minimum Gasteiger partial charge on any atom is -0.336 e. The zero-order chi connectivity index (χ0) is 14.1. The molecule has 104 valence electrons. The van der Waals surface area contributed by atoms with Crippen molar-refractivity contribution in [2.45, 2.75) is 13.0 Å². The first kappa shape index (κ1) is 13.3. The molecule has 0 radical (unpaired) electrons. The molecule has 1 aromatic heterocycles. The predicted molar refractivity (Wildman–Crippen MR) is 80.1 cm³/mol. The van der Waals surface area contributed by atoms with Crippen LogP contribution in [0.25, 0.3) is 10.9 Å². The Morgan fingerprint density at radius 1 is 1.45 bits per heavy atom. The largest absolute Gasteiger partial charge is 0.336 e. The minimum absolute atomic E-state index is 0.0266. The van der Waals surface area contributed by atoms with Gasteiger partial charge in [-0.1, -0.05) is 11.6 Å². The predicted octanol–water partition coefficient (Wildman–Crippen LogP) is 2.32. The van der Waals surface area contributed by atoms with Gasteiger partial charge in [-0.3, -0.25) is 9.78 Å². The van der Waals surface area contributed by atoms with Gasteiger partial charge < -0.3 is 10.2 Å². The third-order valence-corrected chi connectivity index (χ3v) is 3.93. The summed E-state index contributed by atoms with van der Waals surface area (Å²) in [5, 5.41) is 4.78. The number of piperazine rings is 1. The van der Waals surface area contributed by atoms with Crippen LogP contribution in [0.5, 0.6) is 0 Å². The second-order valence-electron chi connectivity index (χ2n) is 5.10. The van der Waals surface area contributed by atoms with Crippen LogP contribution in [0.15, 0.2) is 30.5 Å². The van der Waals surface area contributed by atoms with E-state index in [1.807, 2.05) is 17.0 Å². The van der Waals surface area contributed by atoms with Crippen molar-refractivity contribution in [2.24, 2.45) is 0 Å². The topological polar surface area (TPSA) is 45.2 Å². The SMILES string of the molecule is C[C@H]1CN(C(=O)c2ccc(Cl)c3cccnc23)CCN1. The van der Waals surface area contributed by atoms with Crippen molar-refractivity contribution >= 4 is 28.4 Å². The van der Waals surface area contributed by atoms with Gasteiger partial charge in [0.15, 0.2) is 0 Å². The van der Waals surface area contributed by atoms with E-state index in [9.17, 15) is 4.79 Å². The smallest absolute Gasteiger partial charge is 0.256 e. The molecule has 20 heavy (non-hydrogen) atoms.